The Morgan fingerprint density at radius 1 is 1.56 bits per heavy atom. The lowest BCUT2D eigenvalue weighted by Crippen LogP contribution is -2.11. The van der Waals surface area contributed by atoms with E-state index in [4.69, 9.17) is 15.6 Å². The average molecular weight is 482 g/mol. The Kier molecular flexibility index (Phi) is 9.36. The summed E-state index contributed by atoms with van der Waals surface area (Å²) in [6.07, 6.45) is 0. The summed E-state index contributed by atoms with van der Waals surface area (Å²) >= 11 is 4.24. The number of benzene rings is 1. The molecule has 0 atom stereocenters. The fourth-order valence-electron chi connectivity index (χ4n) is 1.18. The average Bonchev–Trinajstić information content (AvgIpc) is 2.36. The minimum atomic E-state index is -1.20. The summed E-state index contributed by atoms with van der Waals surface area (Å²) in [5.74, 6) is -1.95. The first-order valence-corrected chi connectivity index (χ1v) is 11.0. The number of nitrogens with one attached hydrogen (secondary N) is 1. The molecule has 0 fully saturated rings. The molecular weight excluding hydrogens is 469 g/mol. The number of nitrogens with two attached hydrogens (primary N) is 1. The molecule has 0 bridgehead atoms. The van der Waals surface area contributed by atoms with Crippen molar-refractivity contribution in [2.24, 2.45) is 0 Å². The fourth-order valence-corrected chi connectivity index (χ4v) is 1.18. The van der Waals surface area contributed by atoms with E-state index in [0.717, 1.165) is 6.07 Å². The van der Waals surface area contributed by atoms with E-state index in [1.54, 1.807) is 0 Å². The normalized spacial score (nSPS) is 9.33. The lowest BCUT2D eigenvalue weighted by molar-refractivity contribution is 0.0696. The van der Waals surface area contributed by atoms with Crippen molar-refractivity contribution in [2.75, 3.05) is 31.3 Å². The number of halogens is 3. The first-order chi connectivity index (χ1) is 8.56. The number of hydrogen-bond donors (Lipinski definition) is 3. The lowest BCUT2D eigenvalue weighted by atomic mass is 10.1. The maximum Gasteiger partial charge on any atom is 0.335 e. The largest absolute Gasteiger partial charge is 0.478 e. The molecule has 0 aliphatic rings. The molecule has 4 N–H and O–H groups in total. The van der Waals surface area contributed by atoms with Crippen LogP contribution in [0.1, 0.15) is 10.4 Å². The second-order valence-electron chi connectivity index (χ2n) is 3.14. The van der Waals surface area contributed by atoms with E-state index < -0.39 is 11.8 Å². The van der Waals surface area contributed by atoms with Gasteiger partial charge < -0.3 is 20.9 Å². The molecule has 0 radical (unpaired) electrons. The summed E-state index contributed by atoms with van der Waals surface area (Å²) in [6.45, 7) is 0.835. The summed E-state index contributed by atoms with van der Waals surface area (Å²) in [5, 5.41) is 11.5. The van der Waals surface area contributed by atoms with Gasteiger partial charge in [-0.3, -0.25) is 0 Å². The molecule has 8 heteroatoms. The van der Waals surface area contributed by atoms with Crippen LogP contribution in [0.15, 0.2) is 12.1 Å². The summed E-state index contributed by atoms with van der Waals surface area (Å²) in [5.41, 5.74) is 5.48. The minimum Gasteiger partial charge on any atom is -0.478 e. The fraction of sp³-hybridized carbons (Fsp3) is 0.300. The van der Waals surface area contributed by atoms with Crippen LogP contribution < -0.4 is 11.1 Å². The number of aromatic carboxylic acids is 1. The molecule has 0 aliphatic heterocycles. The van der Waals surface area contributed by atoms with Gasteiger partial charge >= 0.3 is 5.97 Å². The molecule has 0 saturated heterocycles. The molecule has 1 aromatic rings. The Bertz CT molecular complexity index is 405. The van der Waals surface area contributed by atoms with Crippen molar-refractivity contribution < 1.29 is 19.0 Å². The van der Waals surface area contributed by atoms with Gasteiger partial charge in [0.1, 0.15) is 5.82 Å². The monoisotopic (exact) mass is 482 g/mol. The van der Waals surface area contributed by atoms with Crippen LogP contribution in [0.2, 0.25) is 0 Å². The summed E-state index contributed by atoms with van der Waals surface area (Å²) < 4.78 is 18.0. The number of carboxylic acids is 1. The van der Waals surface area contributed by atoms with Gasteiger partial charge in [0.25, 0.3) is 0 Å². The van der Waals surface area contributed by atoms with Crippen molar-refractivity contribution in [1.82, 2.24) is 0 Å². The van der Waals surface area contributed by atoms with Gasteiger partial charge in [0, 0.05) is 50.9 Å². The van der Waals surface area contributed by atoms with Gasteiger partial charge in [0.15, 0.2) is 0 Å². The van der Waals surface area contributed by atoms with Crippen LogP contribution in [-0.2, 0) is 4.74 Å². The molecule has 0 aliphatic carbocycles. The minimum absolute atomic E-state index is 0.0962. The zero-order valence-corrected chi connectivity index (χ0v) is 13.9. The van der Waals surface area contributed by atoms with Crippen LogP contribution in [0.3, 0.4) is 0 Å². The second kappa shape index (κ2) is 9.55. The van der Waals surface area contributed by atoms with Gasteiger partial charge in [0.2, 0.25) is 0 Å². The number of ether oxygens (including phenoxy) is 1. The standard InChI is InChI=1S/C10H13FN2O3.I2/c1-16-3-2-13-8-5-6(10(14)15)4-7(11)9(8)12;1-2/h4-5,13H,2-3,12H2,1H3,(H,14,15);. The molecule has 0 aromatic heterocycles. The van der Waals surface area contributed by atoms with E-state index in [9.17, 15) is 9.18 Å². The Hall–Kier alpha value is -0.360. The van der Waals surface area contributed by atoms with Crippen molar-refractivity contribution >= 4 is 54.6 Å². The lowest BCUT2D eigenvalue weighted by Gasteiger charge is -2.10. The number of anilines is 2. The van der Waals surface area contributed by atoms with Crippen LogP contribution in [-0.4, -0.2) is 31.3 Å². The Morgan fingerprint density at radius 2 is 2.17 bits per heavy atom. The maximum absolute atomic E-state index is 13.2. The second-order valence-corrected chi connectivity index (χ2v) is 3.14. The predicted octanol–water partition coefficient (Wildman–Crippen LogP) is 2.94. The zero-order chi connectivity index (χ0) is 14.1. The van der Waals surface area contributed by atoms with Crippen molar-refractivity contribution in [3.63, 3.8) is 0 Å². The molecule has 18 heavy (non-hydrogen) atoms. The van der Waals surface area contributed by atoms with Gasteiger partial charge in [-0.1, -0.05) is 0 Å². The number of rotatable bonds is 5. The van der Waals surface area contributed by atoms with Crippen molar-refractivity contribution in [1.29, 1.82) is 0 Å². The van der Waals surface area contributed by atoms with E-state index in [1.807, 2.05) is 0 Å². The SMILES string of the molecule is COCCNc1cc(C(=O)O)cc(F)c1N.II. The smallest absolute Gasteiger partial charge is 0.335 e. The molecule has 102 valence electrons. The van der Waals surface area contributed by atoms with Crippen molar-refractivity contribution in [2.45, 2.75) is 0 Å². The zero-order valence-electron chi connectivity index (χ0n) is 9.54. The topological polar surface area (TPSA) is 84.6 Å². The highest BCUT2D eigenvalue weighted by Gasteiger charge is 2.11. The number of nitrogen functional groups attached to an aromatic ring is 1. The molecule has 5 nitrogen and oxygen atoms in total. The first-order valence-electron chi connectivity index (χ1n) is 4.75. The van der Waals surface area contributed by atoms with E-state index in [-0.39, 0.29) is 16.9 Å². The summed E-state index contributed by atoms with van der Waals surface area (Å²) in [6, 6.07) is 2.18. The van der Waals surface area contributed by atoms with Gasteiger partial charge in [-0.25, -0.2) is 9.18 Å². The highest BCUT2D eigenvalue weighted by molar-refractivity contribution is 15.0. The molecule has 1 rings (SSSR count). The molecule has 0 saturated carbocycles. The first kappa shape index (κ1) is 17.6. The van der Waals surface area contributed by atoms with E-state index >= 15 is 0 Å². The molecule has 0 unspecified atom stereocenters. The van der Waals surface area contributed by atoms with Gasteiger partial charge in [-0.2, -0.15) is 0 Å². The number of carbonyl (C=O) groups is 1. The van der Waals surface area contributed by atoms with Gasteiger partial charge in [0.05, 0.1) is 23.5 Å². The van der Waals surface area contributed by atoms with Gasteiger partial charge in [-0.15, -0.1) is 0 Å². The predicted molar refractivity (Wildman–Crippen MR) is 86.2 cm³/mol. The van der Waals surface area contributed by atoms with Gasteiger partial charge in [-0.05, 0) is 12.1 Å². The van der Waals surface area contributed by atoms with Crippen LogP contribution >= 0.6 is 37.2 Å². The Balaban J connectivity index is 0.00000137. The van der Waals surface area contributed by atoms with Crippen LogP contribution in [0.4, 0.5) is 15.8 Å². The quantitative estimate of drug-likeness (QED) is 0.342. The van der Waals surface area contributed by atoms with Crippen LogP contribution in [0.25, 0.3) is 0 Å². The van der Waals surface area contributed by atoms with Crippen molar-refractivity contribution in [3.8, 4) is 0 Å². The molecule has 1 aromatic carbocycles. The van der Waals surface area contributed by atoms with Crippen LogP contribution in [0, 0.1) is 5.82 Å². The molecule has 0 amide bonds. The van der Waals surface area contributed by atoms with E-state index in [2.05, 4.69) is 42.5 Å². The third-order valence-corrected chi connectivity index (χ3v) is 2.00. The highest BCUT2D eigenvalue weighted by atomic mass is 128. The van der Waals surface area contributed by atoms with Crippen molar-refractivity contribution in [3.05, 3.63) is 23.5 Å². The van der Waals surface area contributed by atoms with E-state index in [0.29, 0.717) is 13.2 Å². The van der Waals surface area contributed by atoms with Crippen LogP contribution in [0.5, 0.6) is 0 Å². The molecule has 0 spiro atoms. The number of hydrogen-bond acceptors (Lipinski definition) is 4. The summed E-state index contributed by atoms with van der Waals surface area (Å²) in [4.78, 5) is 10.7. The molecular formula is C10H13FI2N2O3. The summed E-state index contributed by atoms with van der Waals surface area (Å²) in [7, 11) is 1.53. The third kappa shape index (κ3) is 5.52. The molecule has 0 heterocycles. The highest BCUT2D eigenvalue weighted by Crippen LogP contribution is 2.23. The Labute approximate surface area is 128 Å². The third-order valence-electron chi connectivity index (χ3n) is 2.00. The Morgan fingerprint density at radius 3 is 2.67 bits per heavy atom. The number of methoxy groups -OCH3 is 1. The maximum atomic E-state index is 13.2. The number of carboxylic acid groups (broad SMARTS) is 1. The van der Waals surface area contributed by atoms with E-state index in [1.165, 1.54) is 13.2 Å².